The number of hydrogen-bond acceptors (Lipinski definition) is 4. The van der Waals surface area contributed by atoms with Crippen LogP contribution in [-0.2, 0) is 11.3 Å². The maximum Gasteiger partial charge on any atom is 0.299 e. The quantitative estimate of drug-likeness (QED) is 0.798. The Morgan fingerprint density at radius 2 is 1.95 bits per heavy atom. The third kappa shape index (κ3) is 1.94. The summed E-state index contributed by atoms with van der Waals surface area (Å²) in [6.07, 6.45) is 1.76. The van der Waals surface area contributed by atoms with E-state index in [1.54, 1.807) is 22.4 Å². The van der Waals surface area contributed by atoms with Crippen molar-refractivity contribution in [2.75, 3.05) is 4.90 Å². The molecule has 0 radical (unpaired) electrons. The summed E-state index contributed by atoms with van der Waals surface area (Å²) in [5.74, 6) is -0.849. The van der Waals surface area contributed by atoms with Crippen LogP contribution in [-0.4, -0.2) is 16.7 Å². The first-order valence-corrected chi connectivity index (χ1v) is 7.18. The lowest BCUT2D eigenvalue weighted by molar-refractivity contribution is -0.114. The highest BCUT2D eigenvalue weighted by Crippen LogP contribution is 2.34. The number of rotatable bonds is 2. The van der Waals surface area contributed by atoms with Crippen LogP contribution in [0, 0.1) is 20.8 Å². The van der Waals surface area contributed by atoms with Crippen molar-refractivity contribution >= 4 is 28.7 Å². The largest absolute Gasteiger partial charge is 0.299 e. The molecule has 0 spiro atoms. The Balaban J connectivity index is 2.06. The van der Waals surface area contributed by atoms with Crippen molar-refractivity contribution in [2.45, 2.75) is 27.3 Å². The first-order valence-electron chi connectivity index (χ1n) is 6.36. The summed E-state index contributed by atoms with van der Waals surface area (Å²) >= 11 is 1.54. The highest BCUT2D eigenvalue weighted by molar-refractivity contribution is 7.11. The van der Waals surface area contributed by atoms with Crippen LogP contribution in [0.5, 0.6) is 0 Å². The van der Waals surface area contributed by atoms with E-state index in [0.29, 0.717) is 12.1 Å². The van der Waals surface area contributed by atoms with Crippen LogP contribution >= 0.6 is 11.3 Å². The monoisotopic (exact) mass is 286 g/mol. The number of carbonyl (C=O) groups is 2. The predicted octanol–water partition coefficient (Wildman–Crippen LogP) is 2.80. The summed E-state index contributed by atoms with van der Waals surface area (Å²) < 4.78 is 0. The molecule has 4 nitrogen and oxygen atoms in total. The Bertz CT molecular complexity index is 733. The van der Waals surface area contributed by atoms with Crippen LogP contribution in [0.1, 0.15) is 31.4 Å². The van der Waals surface area contributed by atoms with Crippen molar-refractivity contribution in [1.29, 1.82) is 0 Å². The highest BCUT2D eigenvalue weighted by Gasteiger charge is 2.37. The molecule has 0 saturated heterocycles. The second-order valence-electron chi connectivity index (χ2n) is 5.04. The van der Waals surface area contributed by atoms with Gasteiger partial charge in [-0.05, 0) is 38.0 Å². The van der Waals surface area contributed by atoms with Crippen LogP contribution in [0.15, 0.2) is 18.3 Å². The molecule has 0 saturated carbocycles. The molecule has 1 aliphatic heterocycles. The molecule has 0 aliphatic carbocycles. The molecule has 0 bridgehead atoms. The second kappa shape index (κ2) is 4.52. The molecule has 0 N–H and O–H groups in total. The van der Waals surface area contributed by atoms with E-state index in [-0.39, 0.29) is 0 Å². The van der Waals surface area contributed by atoms with Crippen LogP contribution in [0.25, 0.3) is 0 Å². The fraction of sp³-hybridized carbons (Fsp3) is 0.267. The Morgan fingerprint density at radius 3 is 2.60 bits per heavy atom. The number of fused-ring (bicyclic) bond motifs is 1. The molecule has 102 valence electrons. The van der Waals surface area contributed by atoms with Crippen LogP contribution in [0.3, 0.4) is 0 Å². The maximum absolute atomic E-state index is 12.2. The average Bonchev–Trinajstić information content (AvgIpc) is 2.87. The van der Waals surface area contributed by atoms with E-state index < -0.39 is 11.7 Å². The van der Waals surface area contributed by atoms with Gasteiger partial charge in [0.15, 0.2) is 0 Å². The van der Waals surface area contributed by atoms with Gasteiger partial charge in [0.1, 0.15) is 0 Å². The Hall–Kier alpha value is -2.01. The number of amides is 1. The fourth-order valence-electron chi connectivity index (χ4n) is 2.58. The van der Waals surface area contributed by atoms with Crippen molar-refractivity contribution in [1.82, 2.24) is 4.98 Å². The lowest BCUT2D eigenvalue weighted by Gasteiger charge is -2.16. The number of aryl methyl sites for hydroxylation is 3. The lowest BCUT2D eigenvalue weighted by atomic mass is 10.0. The van der Waals surface area contributed by atoms with Gasteiger partial charge in [-0.1, -0.05) is 6.07 Å². The van der Waals surface area contributed by atoms with E-state index >= 15 is 0 Å². The third-order valence-electron chi connectivity index (χ3n) is 3.40. The zero-order chi connectivity index (χ0) is 14.4. The molecule has 1 aliphatic rings. The molecule has 2 aromatic rings. The lowest BCUT2D eigenvalue weighted by Crippen LogP contribution is -2.28. The molecule has 0 fully saturated rings. The highest BCUT2D eigenvalue weighted by atomic mass is 32.1. The SMILES string of the molecule is Cc1cc(C)c2c(c1)N(Cc1cnc(C)s1)C(=O)C2=O. The molecule has 20 heavy (non-hydrogen) atoms. The number of thiazole rings is 1. The minimum absolute atomic E-state index is 0.404. The summed E-state index contributed by atoms with van der Waals surface area (Å²) in [5.41, 5.74) is 3.18. The van der Waals surface area contributed by atoms with Crippen molar-refractivity contribution < 1.29 is 9.59 Å². The van der Waals surface area contributed by atoms with Gasteiger partial charge in [0.05, 0.1) is 22.8 Å². The standard InChI is InChI=1S/C15H14N2O2S/c1-8-4-9(2)13-12(5-8)17(15(19)14(13)18)7-11-6-16-10(3)20-11/h4-6H,7H2,1-3H3. The van der Waals surface area contributed by atoms with E-state index in [1.807, 2.05) is 32.9 Å². The van der Waals surface area contributed by atoms with E-state index in [4.69, 9.17) is 0 Å². The first-order chi connectivity index (χ1) is 9.47. The zero-order valence-corrected chi connectivity index (χ0v) is 12.4. The molecule has 1 aromatic carbocycles. The molecular formula is C15H14N2O2S. The summed E-state index contributed by atoms with van der Waals surface area (Å²) in [6, 6.07) is 3.84. The molecule has 2 heterocycles. The van der Waals surface area contributed by atoms with Gasteiger partial charge in [-0.25, -0.2) is 4.98 Å². The van der Waals surface area contributed by atoms with Gasteiger partial charge >= 0.3 is 0 Å². The molecule has 0 atom stereocenters. The van der Waals surface area contributed by atoms with E-state index in [1.165, 1.54) is 0 Å². The van der Waals surface area contributed by atoms with Gasteiger partial charge in [0, 0.05) is 11.1 Å². The topological polar surface area (TPSA) is 50.3 Å². The number of anilines is 1. The summed E-state index contributed by atoms with van der Waals surface area (Å²) in [6.45, 7) is 6.17. The van der Waals surface area contributed by atoms with E-state index in [9.17, 15) is 9.59 Å². The number of aromatic nitrogens is 1. The summed E-state index contributed by atoms with van der Waals surface area (Å²) in [4.78, 5) is 31.1. The minimum atomic E-state index is -0.445. The van der Waals surface area contributed by atoms with Crippen molar-refractivity contribution in [3.8, 4) is 0 Å². The van der Waals surface area contributed by atoms with Crippen LogP contribution < -0.4 is 4.90 Å². The summed E-state index contributed by atoms with van der Waals surface area (Å²) in [5, 5.41) is 0.957. The second-order valence-corrected chi connectivity index (χ2v) is 6.36. The molecule has 5 heteroatoms. The fourth-order valence-corrected chi connectivity index (χ4v) is 3.37. The molecule has 1 amide bonds. The van der Waals surface area contributed by atoms with Crippen molar-refractivity contribution in [3.63, 3.8) is 0 Å². The van der Waals surface area contributed by atoms with Crippen molar-refractivity contribution in [3.05, 3.63) is 44.9 Å². The maximum atomic E-state index is 12.2. The number of hydrogen-bond donors (Lipinski definition) is 0. The molecular weight excluding hydrogens is 272 g/mol. The molecule has 0 unspecified atom stereocenters. The smallest absolute Gasteiger partial charge is 0.299 e. The number of ketones is 1. The molecule has 1 aromatic heterocycles. The van der Waals surface area contributed by atoms with Crippen LogP contribution in [0.2, 0.25) is 0 Å². The average molecular weight is 286 g/mol. The van der Waals surface area contributed by atoms with Gasteiger partial charge < -0.3 is 0 Å². The first kappa shape index (κ1) is 13.0. The minimum Gasteiger partial charge on any atom is -0.299 e. The Kier molecular flexibility index (Phi) is 2.94. The third-order valence-corrected chi connectivity index (χ3v) is 4.30. The number of carbonyl (C=O) groups excluding carboxylic acids is 2. The van der Waals surface area contributed by atoms with Gasteiger partial charge in [-0.2, -0.15) is 0 Å². The normalized spacial score (nSPS) is 14.1. The van der Waals surface area contributed by atoms with Gasteiger partial charge in [-0.3, -0.25) is 14.5 Å². The van der Waals surface area contributed by atoms with Gasteiger partial charge in [-0.15, -0.1) is 11.3 Å². The zero-order valence-electron chi connectivity index (χ0n) is 11.6. The Labute approximate surface area is 121 Å². The van der Waals surface area contributed by atoms with Crippen molar-refractivity contribution in [2.24, 2.45) is 0 Å². The Morgan fingerprint density at radius 1 is 1.20 bits per heavy atom. The number of benzene rings is 1. The number of nitrogens with zero attached hydrogens (tertiary/aromatic N) is 2. The van der Waals surface area contributed by atoms with Crippen LogP contribution in [0.4, 0.5) is 5.69 Å². The summed E-state index contributed by atoms with van der Waals surface area (Å²) in [7, 11) is 0. The van der Waals surface area contributed by atoms with Gasteiger partial charge in [0.2, 0.25) is 0 Å². The number of Topliss-reactive ketones (excluding diaryl/α,β-unsaturated/α-hetero) is 1. The van der Waals surface area contributed by atoms with Gasteiger partial charge in [0.25, 0.3) is 11.7 Å². The predicted molar refractivity (Wildman–Crippen MR) is 78.3 cm³/mol. The molecule has 3 rings (SSSR count). The van der Waals surface area contributed by atoms with E-state index in [2.05, 4.69) is 4.98 Å². The van der Waals surface area contributed by atoms with E-state index in [0.717, 1.165) is 26.7 Å².